The molecular weight excluding hydrogens is 431 g/mol. The van der Waals surface area contributed by atoms with E-state index in [0.29, 0.717) is 11.1 Å². The highest BCUT2D eigenvalue weighted by Crippen LogP contribution is 2.34. The van der Waals surface area contributed by atoms with Gasteiger partial charge in [-0.15, -0.1) is 0 Å². The maximum absolute atomic E-state index is 12.7. The Morgan fingerprint density at radius 3 is 1.62 bits per heavy atom. The van der Waals surface area contributed by atoms with Crippen molar-refractivity contribution in [1.82, 2.24) is 0 Å². The van der Waals surface area contributed by atoms with E-state index in [4.69, 9.17) is 0 Å². The zero-order chi connectivity index (χ0) is 24.3. The fraction of sp³-hybridized carbons (Fsp3) is 0.0714. The number of hydrogen-bond acceptors (Lipinski definition) is 3. The maximum Gasteiger partial charge on any atom is 0.521 e. The smallest absolute Gasteiger partial charge is 0.311 e. The summed E-state index contributed by atoms with van der Waals surface area (Å²) in [6, 6.07) is 34.9. The van der Waals surface area contributed by atoms with E-state index in [1.54, 1.807) is 18.2 Å². The van der Waals surface area contributed by atoms with Gasteiger partial charge in [-0.05, 0) is 61.5 Å². The average molecular weight is 455 g/mol. The second-order valence-corrected chi connectivity index (χ2v) is 7.55. The summed E-state index contributed by atoms with van der Waals surface area (Å²) in [5, 5.41) is 0. The minimum atomic E-state index is -1.75. The van der Waals surface area contributed by atoms with E-state index in [9.17, 15) is 18.2 Å². The average Bonchev–Trinajstić information content (AvgIpc) is 2.86. The lowest BCUT2D eigenvalue weighted by Crippen LogP contribution is -2.11. The quantitative estimate of drug-likeness (QED) is 0.169. The summed E-state index contributed by atoms with van der Waals surface area (Å²) in [5.41, 5.74) is 5.11. The standard InChI is InChI=1S/C28H23NO2.BF2H/c1-21-9-8-10-23(19-21)28(31)20-27(30)22-15-17-26(18-16-22)29(24-11-4-2-5-12-24)25-13-6-3-7-14-25;2-1-3/h2-19H,20H2,1H3;1H. The summed E-state index contributed by atoms with van der Waals surface area (Å²) in [7, 11) is -1.75. The molecule has 0 fully saturated rings. The monoisotopic (exact) mass is 455 g/mol. The number of aryl methyl sites for hydroxylation is 1. The fourth-order valence-electron chi connectivity index (χ4n) is 3.57. The normalized spacial score (nSPS) is 9.97. The zero-order valence-electron chi connectivity index (χ0n) is 18.8. The minimum absolute atomic E-state index is 0.135. The van der Waals surface area contributed by atoms with Crippen molar-refractivity contribution in [3.8, 4) is 0 Å². The molecular formula is C28H24BF2NO2. The summed E-state index contributed by atoms with van der Waals surface area (Å²) in [6.45, 7) is 1.93. The molecule has 0 aliphatic heterocycles. The number of benzene rings is 4. The van der Waals surface area contributed by atoms with E-state index in [1.807, 2.05) is 97.9 Å². The van der Waals surface area contributed by atoms with Crippen LogP contribution in [0.5, 0.6) is 0 Å². The highest BCUT2D eigenvalue weighted by Gasteiger charge is 2.16. The van der Waals surface area contributed by atoms with Crippen LogP contribution in [0.25, 0.3) is 0 Å². The van der Waals surface area contributed by atoms with Gasteiger partial charge in [0.25, 0.3) is 0 Å². The van der Waals surface area contributed by atoms with Gasteiger partial charge in [-0.3, -0.25) is 18.2 Å². The predicted octanol–water partition coefficient (Wildman–Crippen LogP) is 7.11. The number of para-hydroxylation sites is 2. The first-order chi connectivity index (χ1) is 16.5. The molecule has 0 spiro atoms. The molecule has 4 rings (SSSR count). The largest absolute Gasteiger partial charge is 0.521 e. The van der Waals surface area contributed by atoms with Crippen LogP contribution < -0.4 is 4.90 Å². The van der Waals surface area contributed by atoms with Crippen LogP contribution in [0, 0.1) is 6.92 Å². The number of carbonyl (C=O) groups excluding carboxylic acids is 2. The van der Waals surface area contributed by atoms with Crippen LogP contribution in [0.1, 0.15) is 32.7 Å². The van der Waals surface area contributed by atoms with Crippen LogP contribution in [0.15, 0.2) is 109 Å². The maximum atomic E-state index is 12.7. The van der Waals surface area contributed by atoms with E-state index in [1.165, 1.54) is 0 Å². The Bertz CT molecular complexity index is 1180. The van der Waals surface area contributed by atoms with Crippen LogP contribution in [0.3, 0.4) is 0 Å². The number of nitrogens with zero attached hydrogens (tertiary/aromatic N) is 1. The van der Waals surface area contributed by atoms with Gasteiger partial charge in [0.1, 0.15) is 0 Å². The molecule has 0 saturated carbocycles. The van der Waals surface area contributed by atoms with Gasteiger partial charge in [0.15, 0.2) is 11.6 Å². The Kier molecular flexibility index (Phi) is 8.86. The molecule has 0 aromatic heterocycles. The van der Waals surface area contributed by atoms with E-state index >= 15 is 0 Å². The Morgan fingerprint density at radius 1 is 0.647 bits per heavy atom. The van der Waals surface area contributed by atoms with Crippen LogP contribution in [-0.2, 0) is 0 Å². The van der Waals surface area contributed by atoms with E-state index < -0.39 is 7.83 Å². The van der Waals surface area contributed by atoms with Crippen LogP contribution in [0.2, 0.25) is 0 Å². The van der Waals surface area contributed by atoms with Crippen molar-refractivity contribution in [2.24, 2.45) is 0 Å². The van der Waals surface area contributed by atoms with Crippen LogP contribution >= 0.6 is 0 Å². The minimum Gasteiger partial charge on any atom is -0.311 e. The molecule has 6 heteroatoms. The Balaban J connectivity index is 0.00000103. The molecule has 170 valence electrons. The summed E-state index contributed by atoms with van der Waals surface area (Å²) in [5.74, 6) is -0.336. The summed E-state index contributed by atoms with van der Waals surface area (Å²) in [4.78, 5) is 27.3. The SMILES string of the molecule is Cc1cccc(C(=O)CC(=O)c2ccc(N(c3ccccc3)c3ccccc3)cc2)c1.FBF. The van der Waals surface area contributed by atoms with Crippen LogP contribution in [0.4, 0.5) is 25.7 Å². The van der Waals surface area contributed by atoms with Gasteiger partial charge >= 0.3 is 7.83 Å². The molecule has 0 radical (unpaired) electrons. The van der Waals surface area contributed by atoms with Crippen LogP contribution in [-0.4, -0.2) is 19.4 Å². The number of Topliss-reactive ketones (excluding diaryl/α,β-unsaturated/α-hetero) is 2. The highest BCUT2D eigenvalue weighted by molar-refractivity contribution is 6.15. The van der Waals surface area contributed by atoms with Crippen molar-refractivity contribution >= 4 is 36.5 Å². The number of anilines is 3. The lowest BCUT2D eigenvalue weighted by Gasteiger charge is -2.25. The molecule has 0 atom stereocenters. The summed E-state index contributed by atoms with van der Waals surface area (Å²) in [6.07, 6.45) is -0.135. The number of rotatable bonds is 7. The van der Waals surface area contributed by atoms with E-state index in [2.05, 4.69) is 4.90 Å². The van der Waals surface area contributed by atoms with Gasteiger partial charge in [-0.25, -0.2) is 0 Å². The molecule has 0 unspecified atom stereocenters. The first kappa shape index (κ1) is 24.6. The van der Waals surface area contributed by atoms with Crippen molar-refractivity contribution in [2.75, 3.05) is 4.90 Å². The van der Waals surface area contributed by atoms with Crippen molar-refractivity contribution < 1.29 is 18.2 Å². The van der Waals surface area contributed by atoms with Gasteiger partial charge in [0, 0.05) is 28.2 Å². The van der Waals surface area contributed by atoms with Crippen molar-refractivity contribution in [1.29, 1.82) is 0 Å². The predicted molar refractivity (Wildman–Crippen MR) is 135 cm³/mol. The molecule has 4 aromatic rings. The number of halogens is 2. The Morgan fingerprint density at radius 2 is 1.12 bits per heavy atom. The fourth-order valence-corrected chi connectivity index (χ4v) is 3.57. The third-order valence-electron chi connectivity index (χ3n) is 5.14. The molecule has 0 heterocycles. The molecule has 0 aliphatic rings. The Hall–Kier alpha value is -4.06. The second-order valence-electron chi connectivity index (χ2n) is 7.55. The molecule has 0 N–H and O–H groups in total. The van der Waals surface area contributed by atoms with Crippen molar-refractivity contribution in [3.63, 3.8) is 0 Å². The third kappa shape index (κ3) is 6.48. The third-order valence-corrected chi connectivity index (χ3v) is 5.14. The van der Waals surface area contributed by atoms with Crippen molar-refractivity contribution in [3.05, 3.63) is 126 Å². The van der Waals surface area contributed by atoms with Crippen molar-refractivity contribution in [2.45, 2.75) is 13.3 Å². The van der Waals surface area contributed by atoms with Gasteiger partial charge < -0.3 is 4.90 Å². The molecule has 34 heavy (non-hydrogen) atoms. The first-order valence-corrected chi connectivity index (χ1v) is 10.8. The zero-order valence-corrected chi connectivity index (χ0v) is 18.8. The van der Waals surface area contributed by atoms with E-state index in [0.717, 1.165) is 22.6 Å². The number of ketones is 2. The molecule has 0 bridgehead atoms. The summed E-state index contributed by atoms with van der Waals surface area (Å²) >= 11 is 0. The number of hydrogen-bond donors (Lipinski definition) is 0. The second kappa shape index (κ2) is 12.3. The Labute approximate surface area is 199 Å². The molecule has 0 aliphatic carbocycles. The van der Waals surface area contributed by atoms with Gasteiger partial charge in [0.2, 0.25) is 0 Å². The molecule has 3 nitrogen and oxygen atoms in total. The van der Waals surface area contributed by atoms with Gasteiger partial charge in [-0.1, -0.05) is 60.2 Å². The highest BCUT2D eigenvalue weighted by atomic mass is 19.2. The molecule has 0 saturated heterocycles. The molecule has 4 aromatic carbocycles. The van der Waals surface area contributed by atoms with Gasteiger partial charge in [-0.2, -0.15) is 0 Å². The van der Waals surface area contributed by atoms with E-state index in [-0.39, 0.29) is 18.0 Å². The topological polar surface area (TPSA) is 37.4 Å². The van der Waals surface area contributed by atoms with Gasteiger partial charge in [0.05, 0.1) is 6.42 Å². The number of carbonyl (C=O) groups is 2. The lowest BCUT2D eigenvalue weighted by molar-refractivity contribution is 0.0894. The first-order valence-electron chi connectivity index (χ1n) is 10.8. The lowest BCUT2D eigenvalue weighted by atomic mass is 10.00. The molecule has 0 amide bonds. The summed E-state index contributed by atoms with van der Waals surface area (Å²) < 4.78 is 19.2.